The van der Waals surface area contributed by atoms with Crippen LogP contribution in [0.5, 0.6) is 5.75 Å². The molecule has 0 unspecified atom stereocenters. The highest BCUT2D eigenvalue weighted by Gasteiger charge is 2.09. The normalized spacial score (nSPS) is 11.0. The van der Waals surface area contributed by atoms with E-state index in [9.17, 15) is 9.90 Å². The number of phenolic OH excluding ortho intramolecular Hbond substituents is 1. The summed E-state index contributed by atoms with van der Waals surface area (Å²) in [5.41, 5.74) is 0.482. The molecule has 142 valence electrons. The van der Waals surface area contributed by atoms with Crippen molar-refractivity contribution in [2.24, 2.45) is 0 Å². The lowest BCUT2D eigenvalue weighted by Gasteiger charge is -2.22. The van der Waals surface area contributed by atoms with E-state index in [1.165, 1.54) is 63.5 Å². The summed E-state index contributed by atoms with van der Waals surface area (Å²) < 4.78 is 5.39. The fourth-order valence-electron chi connectivity index (χ4n) is 2.81. The lowest BCUT2D eigenvalue weighted by Crippen LogP contribution is -2.30. The summed E-state index contributed by atoms with van der Waals surface area (Å²) >= 11 is 0. The van der Waals surface area contributed by atoms with Gasteiger partial charge in [0.25, 0.3) is 0 Å². The van der Waals surface area contributed by atoms with Gasteiger partial charge in [-0.25, -0.2) is 4.79 Å². The minimum Gasteiger partial charge on any atom is -0.508 e. The van der Waals surface area contributed by atoms with E-state index >= 15 is 0 Å². The van der Waals surface area contributed by atoms with E-state index in [0.29, 0.717) is 12.2 Å². The quantitative estimate of drug-likeness (QED) is 0.379. The van der Waals surface area contributed by atoms with Gasteiger partial charge in [-0.15, -0.1) is 0 Å². The highest BCUT2D eigenvalue weighted by molar-refractivity contribution is 5.89. The Balaban J connectivity index is 2.33. The Morgan fingerprint density at radius 1 is 0.880 bits per heavy atom. The Hall–Kier alpha value is -1.55. The summed E-state index contributed by atoms with van der Waals surface area (Å²) in [6.07, 6.45) is 10.1. The Labute approximate surface area is 153 Å². The van der Waals surface area contributed by atoms with Crippen molar-refractivity contribution in [1.29, 1.82) is 0 Å². The lowest BCUT2D eigenvalue weighted by molar-refractivity contribution is 0.0460. The van der Waals surface area contributed by atoms with E-state index < -0.39 is 0 Å². The van der Waals surface area contributed by atoms with Crippen molar-refractivity contribution < 1.29 is 14.6 Å². The zero-order valence-corrected chi connectivity index (χ0v) is 16.0. The fraction of sp³-hybridized carbons (Fsp3) is 0.667. The highest BCUT2D eigenvalue weighted by atomic mass is 16.5. The number of carbonyl (C=O) groups excluding carboxylic acids is 1. The van der Waals surface area contributed by atoms with Gasteiger partial charge in [0.1, 0.15) is 12.4 Å². The topological polar surface area (TPSA) is 49.8 Å². The van der Waals surface area contributed by atoms with Gasteiger partial charge in [-0.3, -0.25) is 4.90 Å². The van der Waals surface area contributed by atoms with Gasteiger partial charge in [-0.05, 0) is 50.2 Å². The number of benzene rings is 1. The molecule has 4 nitrogen and oxygen atoms in total. The SMILES string of the molecule is CCCCCCN(CCCCCC)CCOC(=O)c1ccc(O)cc1. The predicted molar refractivity (Wildman–Crippen MR) is 103 cm³/mol. The Morgan fingerprint density at radius 2 is 1.44 bits per heavy atom. The molecule has 0 amide bonds. The maximum absolute atomic E-state index is 12.0. The second-order valence-electron chi connectivity index (χ2n) is 6.65. The summed E-state index contributed by atoms with van der Waals surface area (Å²) in [6.45, 7) is 7.84. The third-order valence-corrected chi connectivity index (χ3v) is 4.40. The van der Waals surface area contributed by atoms with Gasteiger partial charge in [-0.2, -0.15) is 0 Å². The average molecular weight is 350 g/mol. The molecule has 0 heterocycles. The van der Waals surface area contributed by atoms with Crippen molar-refractivity contribution in [2.75, 3.05) is 26.2 Å². The van der Waals surface area contributed by atoms with Gasteiger partial charge < -0.3 is 9.84 Å². The molecule has 0 bridgehead atoms. The van der Waals surface area contributed by atoms with Crippen LogP contribution in [0.3, 0.4) is 0 Å². The third kappa shape index (κ3) is 10.1. The van der Waals surface area contributed by atoms with Crippen molar-refractivity contribution in [3.63, 3.8) is 0 Å². The number of phenols is 1. The van der Waals surface area contributed by atoms with Crippen LogP contribution in [0.15, 0.2) is 24.3 Å². The number of aromatic hydroxyl groups is 1. The van der Waals surface area contributed by atoms with Crippen molar-refractivity contribution >= 4 is 5.97 Å². The fourth-order valence-corrected chi connectivity index (χ4v) is 2.81. The van der Waals surface area contributed by atoms with E-state index in [1.54, 1.807) is 12.1 Å². The molecule has 0 aromatic heterocycles. The van der Waals surface area contributed by atoms with Crippen LogP contribution in [0, 0.1) is 0 Å². The highest BCUT2D eigenvalue weighted by Crippen LogP contribution is 2.11. The van der Waals surface area contributed by atoms with Crippen LogP contribution in [-0.2, 0) is 4.74 Å². The molecule has 1 N–H and O–H groups in total. The number of ether oxygens (including phenoxy) is 1. The van der Waals surface area contributed by atoms with E-state index in [1.807, 2.05) is 0 Å². The van der Waals surface area contributed by atoms with Crippen molar-refractivity contribution in [1.82, 2.24) is 4.90 Å². The monoisotopic (exact) mass is 349 g/mol. The largest absolute Gasteiger partial charge is 0.508 e. The minimum absolute atomic E-state index is 0.155. The number of hydrogen-bond acceptors (Lipinski definition) is 4. The smallest absolute Gasteiger partial charge is 0.338 e. The average Bonchev–Trinajstić information content (AvgIpc) is 2.62. The molecule has 4 heteroatoms. The Bertz CT molecular complexity index is 447. The molecule has 1 aromatic rings. The van der Waals surface area contributed by atoms with Gasteiger partial charge in [0.15, 0.2) is 0 Å². The molecule has 0 radical (unpaired) electrons. The van der Waals surface area contributed by atoms with Crippen LogP contribution in [-0.4, -0.2) is 42.2 Å². The molecule has 0 saturated heterocycles. The maximum Gasteiger partial charge on any atom is 0.338 e. The first-order valence-corrected chi connectivity index (χ1v) is 9.85. The maximum atomic E-state index is 12.0. The van der Waals surface area contributed by atoms with Crippen LogP contribution in [0.2, 0.25) is 0 Å². The molecule has 1 aromatic carbocycles. The first-order chi connectivity index (χ1) is 12.2. The van der Waals surface area contributed by atoms with Gasteiger partial charge in [0.2, 0.25) is 0 Å². The lowest BCUT2D eigenvalue weighted by atomic mass is 10.1. The van der Waals surface area contributed by atoms with Gasteiger partial charge in [0.05, 0.1) is 5.56 Å². The molecular weight excluding hydrogens is 314 g/mol. The second-order valence-corrected chi connectivity index (χ2v) is 6.65. The molecule has 1 rings (SSSR count). The summed E-state index contributed by atoms with van der Waals surface area (Å²) in [5.74, 6) is -0.168. The predicted octanol–water partition coefficient (Wildman–Crippen LogP) is 5.01. The first kappa shape index (κ1) is 21.5. The van der Waals surface area contributed by atoms with Crippen LogP contribution in [0.25, 0.3) is 0 Å². The van der Waals surface area contributed by atoms with Gasteiger partial charge in [-0.1, -0.05) is 52.4 Å². The number of unbranched alkanes of at least 4 members (excludes halogenated alkanes) is 6. The van der Waals surface area contributed by atoms with Crippen LogP contribution >= 0.6 is 0 Å². The number of rotatable bonds is 14. The van der Waals surface area contributed by atoms with Gasteiger partial charge in [0, 0.05) is 6.54 Å². The molecule has 0 atom stereocenters. The summed E-state index contributed by atoms with van der Waals surface area (Å²) in [7, 11) is 0. The molecular formula is C21H35NO3. The van der Waals surface area contributed by atoms with E-state index in [0.717, 1.165) is 19.6 Å². The number of esters is 1. The molecule has 0 fully saturated rings. The van der Waals surface area contributed by atoms with Gasteiger partial charge >= 0.3 is 5.97 Å². The molecule has 0 spiro atoms. The summed E-state index contributed by atoms with van der Waals surface area (Å²) in [4.78, 5) is 14.4. The van der Waals surface area contributed by atoms with E-state index in [2.05, 4.69) is 18.7 Å². The molecule has 25 heavy (non-hydrogen) atoms. The van der Waals surface area contributed by atoms with Crippen LogP contribution < -0.4 is 0 Å². The number of nitrogens with zero attached hydrogens (tertiary/aromatic N) is 1. The van der Waals surface area contributed by atoms with E-state index in [4.69, 9.17) is 4.74 Å². The van der Waals surface area contributed by atoms with Crippen molar-refractivity contribution in [2.45, 2.75) is 65.2 Å². The van der Waals surface area contributed by atoms with Crippen molar-refractivity contribution in [3.8, 4) is 5.75 Å². The summed E-state index contributed by atoms with van der Waals surface area (Å²) in [5, 5.41) is 9.27. The zero-order valence-electron chi connectivity index (χ0n) is 16.0. The third-order valence-electron chi connectivity index (χ3n) is 4.40. The van der Waals surface area contributed by atoms with E-state index in [-0.39, 0.29) is 11.7 Å². The summed E-state index contributed by atoms with van der Waals surface area (Å²) in [6, 6.07) is 6.19. The van der Waals surface area contributed by atoms with Crippen LogP contribution in [0.1, 0.15) is 75.6 Å². The Kier molecular flexibility index (Phi) is 11.8. The first-order valence-electron chi connectivity index (χ1n) is 9.85. The second kappa shape index (κ2) is 13.7. The minimum atomic E-state index is -0.322. The van der Waals surface area contributed by atoms with Crippen molar-refractivity contribution in [3.05, 3.63) is 29.8 Å². The zero-order chi connectivity index (χ0) is 18.3. The standard InChI is InChI=1S/C21H35NO3/c1-3-5-7-9-15-22(16-10-8-6-4-2)17-18-25-21(24)19-11-13-20(23)14-12-19/h11-14,23H,3-10,15-18H2,1-2H3. The number of carbonyl (C=O) groups is 1. The number of hydrogen-bond donors (Lipinski definition) is 1. The van der Waals surface area contributed by atoms with Crippen LogP contribution in [0.4, 0.5) is 0 Å². The molecule has 0 saturated carbocycles. The molecule has 0 aliphatic heterocycles. The molecule has 0 aliphatic carbocycles. The Morgan fingerprint density at radius 3 is 1.96 bits per heavy atom. The molecule has 0 aliphatic rings.